The van der Waals surface area contributed by atoms with E-state index in [1.165, 1.54) is 11.0 Å². The Morgan fingerprint density at radius 1 is 1.33 bits per heavy atom. The lowest BCUT2D eigenvalue weighted by atomic mass is 10.2. The molecular weight excluding hydrogens is 267 g/mol. The summed E-state index contributed by atoms with van der Waals surface area (Å²) in [6.07, 6.45) is -3.64. The van der Waals surface area contributed by atoms with Crippen molar-refractivity contribution in [2.45, 2.75) is 26.1 Å². The summed E-state index contributed by atoms with van der Waals surface area (Å²) in [6, 6.07) is 4.67. The number of alkyl halides is 3. The average molecular weight is 282 g/mol. The SMILES string of the molecule is CCCN(Cc1cccc(Cl)c1O)CC(F)(F)F. The Balaban J connectivity index is 2.80. The highest BCUT2D eigenvalue weighted by Crippen LogP contribution is 2.28. The van der Waals surface area contributed by atoms with Gasteiger partial charge in [-0.3, -0.25) is 4.90 Å². The lowest BCUT2D eigenvalue weighted by Gasteiger charge is -2.23. The van der Waals surface area contributed by atoms with Gasteiger partial charge in [0.15, 0.2) is 0 Å². The summed E-state index contributed by atoms with van der Waals surface area (Å²) in [6.45, 7) is 1.15. The van der Waals surface area contributed by atoms with Crippen LogP contribution in [0.5, 0.6) is 5.75 Å². The maximum absolute atomic E-state index is 12.4. The molecule has 1 aromatic carbocycles. The molecule has 1 N–H and O–H groups in total. The molecule has 0 radical (unpaired) electrons. The molecule has 0 saturated heterocycles. The number of rotatable bonds is 5. The first-order valence-electron chi connectivity index (χ1n) is 5.59. The van der Waals surface area contributed by atoms with Crippen molar-refractivity contribution in [3.05, 3.63) is 28.8 Å². The van der Waals surface area contributed by atoms with E-state index in [-0.39, 0.29) is 17.3 Å². The van der Waals surface area contributed by atoms with Crippen LogP contribution in [0.4, 0.5) is 13.2 Å². The molecule has 0 aliphatic heterocycles. The zero-order valence-corrected chi connectivity index (χ0v) is 10.7. The van der Waals surface area contributed by atoms with Crippen molar-refractivity contribution in [1.29, 1.82) is 0 Å². The highest BCUT2D eigenvalue weighted by atomic mass is 35.5. The maximum atomic E-state index is 12.4. The van der Waals surface area contributed by atoms with Crippen LogP contribution < -0.4 is 0 Å². The summed E-state index contributed by atoms with van der Waals surface area (Å²) in [4.78, 5) is 1.24. The number of nitrogens with zero attached hydrogens (tertiary/aromatic N) is 1. The van der Waals surface area contributed by atoms with Crippen LogP contribution in [0.15, 0.2) is 18.2 Å². The van der Waals surface area contributed by atoms with Crippen LogP contribution >= 0.6 is 11.6 Å². The molecule has 1 rings (SSSR count). The van der Waals surface area contributed by atoms with Crippen molar-refractivity contribution in [3.8, 4) is 5.75 Å². The zero-order valence-electron chi connectivity index (χ0n) is 9.97. The fourth-order valence-electron chi connectivity index (χ4n) is 1.71. The number of aromatic hydroxyl groups is 1. The van der Waals surface area contributed by atoms with Crippen LogP contribution in [0.1, 0.15) is 18.9 Å². The molecule has 0 unspecified atom stereocenters. The van der Waals surface area contributed by atoms with Crippen LogP contribution in [0, 0.1) is 0 Å². The predicted octanol–water partition coefficient (Wildman–Crippen LogP) is 3.82. The molecule has 0 fully saturated rings. The van der Waals surface area contributed by atoms with E-state index in [4.69, 9.17) is 11.6 Å². The Bertz CT molecular complexity index is 395. The number of halogens is 4. The maximum Gasteiger partial charge on any atom is 0.401 e. The lowest BCUT2D eigenvalue weighted by molar-refractivity contribution is -0.147. The highest BCUT2D eigenvalue weighted by Gasteiger charge is 2.30. The second kappa shape index (κ2) is 6.29. The van der Waals surface area contributed by atoms with Gasteiger partial charge in [-0.25, -0.2) is 0 Å². The van der Waals surface area contributed by atoms with Gasteiger partial charge in [0.1, 0.15) is 5.75 Å². The van der Waals surface area contributed by atoms with Gasteiger partial charge in [-0.1, -0.05) is 30.7 Å². The van der Waals surface area contributed by atoms with Gasteiger partial charge in [-0.15, -0.1) is 0 Å². The van der Waals surface area contributed by atoms with Gasteiger partial charge in [0.25, 0.3) is 0 Å². The largest absolute Gasteiger partial charge is 0.506 e. The average Bonchev–Trinajstić information content (AvgIpc) is 2.23. The standard InChI is InChI=1S/C12H15ClF3NO/c1-2-6-17(8-12(14,15)16)7-9-4-3-5-10(13)11(9)18/h3-5,18H,2,6-8H2,1H3. The molecule has 102 valence electrons. The number of benzene rings is 1. The number of hydrogen-bond donors (Lipinski definition) is 1. The minimum absolute atomic E-state index is 0.0275. The van der Waals surface area contributed by atoms with Crippen LogP contribution in [-0.2, 0) is 6.54 Å². The molecule has 1 aromatic rings. The van der Waals surface area contributed by atoms with E-state index in [1.807, 2.05) is 0 Å². The molecule has 0 heterocycles. The third kappa shape index (κ3) is 4.74. The smallest absolute Gasteiger partial charge is 0.401 e. The summed E-state index contributed by atoms with van der Waals surface area (Å²) in [5.41, 5.74) is 0.403. The van der Waals surface area contributed by atoms with Crippen LogP contribution in [0.2, 0.25) is 5.02 Å². The van der Waals surface area contributed by atoms with Crippen molar-refractivity contribution >= 4 is 11.6 Å². The molecular formula is C12H15ClF3NO. The van der Waals surface area contributed by atoms with E-state index in [0.717, 1.165) is 0 Å². The number of hydrogen-bond acceptors (Lipinski definition) is 2. The summed E-state index contributed by atoms with van der Waals surface area (Å²) < 4.78 is 37.1. The van der Waals surface area contributed by atoms with E-state index in [1.54, 1.807) is 19.1 Å². The number of phenolic OH excluding ortho intramolecular Hbond substituents is 1. The number of para-hydroxylation sites is 1. The molecule has 0 atom stereocenters. The highest BCUT2D eigenvalue weighted by molar-refractivity contribution is 6.32. The molecule has 0 spiro atoms. The van der Waals surface area contributed by atoms with Crippen molar-refractivity contribution in [3.63, 3.8) is 0 Å². The van der Waals surface area contributed by atoms with Gasteiger partial charge >= 0.3 is 6.18 Å². The third-order valence-electron chi connectivity index (χ3n) is 2.41. The molecule has 2 nitrogen and oxygen atoms in total. The minimum atomic E-state index is -4.25. The summed E-state index contributed by atoms with van der Waals surface area (Å²) in [5.74, 6) is -0.151. The van der Waals surface area contributed by atoms with Crippen LogP contribution in [0.3, 0.4) is 0 Å². The van der Waals surface area contributed by atoms with Gasteiger partial charge in [-0.2, -0.15) is 13.2 Å². The first-order chi connectivity index (χ1) is 8.33. The summed E-state index contributed by atoms with van der Waals surface area (Å²) >= 11 is 5.72. The molecule has 18 heavy (non-hydrogen) atoms. The quantitative estimate of drug-likeness (QED) is 0.887. The van der Waals surface area contributed by atoms with E-state index >= 15 is 0 Å². The first kappa shape index (κ1) is 15.1. The molecule has 0 bridgehead atoms. The fourth-order valence-corrected chi connectivity index (χ4v) is 1.91. The number of phenols is 1. The lowest BCUT2D eigenvalue weighted by Crippen LogP contribution is -2.34. The summed E-state index contributed by atoms with van der Waals surface area (Å²) in [7, 11) is 0. The van der Waals surface area contributed by atoms with Crippen molar-refractivity contribution in [2.24, 2.45) is 0 Å². The normalized spacial score (nSPS) is 12.1. The fraction of sp³-hybridized carbons (Fsp3) is 0.500. The van der Waals surface area contributed by atoms with Crippen molar-refractivity contribution < 1.29 is 18.3 Å². The molecule has 0 aliphatic carbocycles. The van der Waals surface area contributed by atoms with Gasteiger partial charge in [-0.05, 0) is 19.0 Å². The van der Waals surface area contributed by atoms with E-state index < -0.39 is 12.7 Å². The van der Waals surface area contributed by atoms with E-state index in [2.05, 4.69) is 0 Å². The Morgan fingerprint density at radius 3 is 2.56 bits per heavy atom. The molecule has 0 saturated carbocycles. The Hall–Kier alpha value is -0.940. The summed E-state index contributed by atoms with van der Waals surface area (Å²) in [5, 5.41) is 9.82. The molecule has 0 amide bonds. The van der Waals surface area contributed by atoms with Gasteiger partial charge in [0, 0.05) is 12.1 Å². The van der Waals surface area contributed by atoms with Gasteiger partial charge < -0.3 is 5.11 Å². The molecule has 0 aromatic heterocycles. The second-order valence-electron chi connectivity index (χ2n) is 4.07. The Labute approximate surface area is 109 Å². The topological polar surface area (TPSA) is 23.5 Å². The van der Waals surface area contributed by atoms with Crippen molar-refractivity contribution in [2.75, 3.05) is 13.1 Å². The third-order valence-corrected chi connectivity index (χ3v) is 2.71. The van der Waals surface area contributed by atoms with E-state index in [9.17, 15) is 18.3 Å². The van der Waals surface area contributed by atoms with Gasteiger partial charge in [0.2, 0.25) is 0 Å². The van der Waals surface area contributed by atoms with Crippen molar-refractivity contribution in [1.82, 2.24) is 4.90 Å². The predicted molar refractivity (Wildman–Crippen MR) is 64.7 cm³/mol. The van der Waals surface area contributed by atoms with Gasteiger partial charge in [0.05, 0.1) is 11.6 Å². The minimum Gasteiger partial charge on any atom is -0.506 e. The second-order valence-corrected chi connectivity index (χ2v) is 4.48. The zero-order chi connectivity index (χ0) is 13.8. The molecule has 0 aliphatic rings. The Morgan fingerprint density at radius 2 is 2.00 bits per heavy atom. The first-order valence-corrected chi connectivity index (χ1v) is 5.96. The molecule has 6 heteroatoms. The van der Waals surface area contributed by atoms with E-state index in [0.29, 0.717) is 18.5 Å². The monoisotopic (exact) mass is 281 g/mol. The van der Waals surface area contributed by atoms with Crippen LogP contribution in [-0.4, -0.2) is 29.3 Å². The van der Waals surface area contributed by atoms with Crippen LogP contribution in [0.25, 0.3) is 0 Å². The Kier molecular flexibility index (Phi) is 5.28.